The van der Waals surface area contributed by atoms with Gasteiger partial charge in [-0.15, -0.1) is 0 Å². The largest absolute Gasteiger partial charge is 0.462 e. The molecule has 0 amide bonds. The molecule has 0 fully saturated rings. The molecule has 0 aromatic heterocycles. The number of unbranched alkanes of at least 4 members (excludes halogenated alkanes) is 20. The van der Waals surface area contributed by atoms with E-state index in [1.54, 1.807) is 0 Å². The van der Waals surface area contributed by atoms with Crippen molar-refractivity contribution in [3.63, 3.8) is 0 Å². The molecule has 0 heterocycles. The first-order valence-electron chi connectivity index (χ1n) is 24.4. The second-order valence-electron chi connectivity index (χ2n) is 16.0. The van der Waals surface area contributed by atoms with Gasteiger partial charge >= 0.3 is 17.9 Å². The Balaban J connectivity index is 4.50. The number of carbonyl (C=O) groups is 3. The van der Waals surface area contributed by atoms with Crippen molar-refractivity contribution >= 4 is 17.9 Å². The van der Waals surface area contributed by atoms with Gasteiger partial charge in [-0.25, -0.2) is 0 Å². The highest BCUT2D eigenvalue weighted by molar-refractivity contribution is 5.71. The third kappa shape index (κ3) is 45.8. The molecule has 6 heteroatoms. The Morgan fingerprint density at radius 1 is 0.356 bits per heavy atom. The van der Waals surface area contributed by atoms with Gasteiger partial charge in [-0.3, -0.25) is 14.4 Å². The van der Waals surface area contributed by atoms with E-state index in [0.29, 0.717) is 19.3 Å². The van der Waals surface area contributed by atoms with Crippen LogP contribution in [0.3, 0.4) is 0 Å². The molecule has 1 atom stereocenters. The fourth-order valence-electron chi connectivity index (χ4n) is 6.54. The van der Waals surface area contributed by atoms with Crippen molar-refractivity contribution in [1.29, 1.82) is 0 Å². The predicted molar refractivity (Wildman–Crippen MR) is 251 cm³/mol. The quantitative estimate of drug-likeness (QED) is 0.0264. The molecular weight excluding hydrogens is 733 g/mol. The molecular formula is C53H90O6. The zero-order chi connectivity index (χ0) is 43.0. The minimum atomic E-state index is -0.815. The number of allylic oxidation sites excluding steroid dienone is 12. The lowest BCUT2D eigenvalue weighted by Gasteiger charge is -2.18. The lowest BCUT2D eigenvalue weighted by Crippen LogP contribution is -2.30. The van der Waals surface area contributed by atoms with Crippen molar-refractivity contribution in [3.8, 4) is 0 Å². The second kappa shape index (κ2) is 47.5. The summed E-state index contributed by atoms with van der Waals surface area (Å²) in [5, 5.41) is 0. The molecule has 0 saturated heterocycles. The summed E-state index contributed by atoms with van der Waals surface area (Å²) in [5.74, 6) is -1.01. The number of esters is 3. The molecule has 0 N–H and O–H groups in total. The van der Waals surface area contributed by atoms with Gasteiger partial charge in [0.1, 0.15) is 13.2 Å². The van der Waals surface area contributed by atoms with E-state index < -0.39 is 6.10 Å². The minimum absolute atomic E-state index is 0.107. The molecule has 0 aromatic rings. The highest BCUT2D eigenvalue weighted by atomic mass is 16.6. The summed E-state index contributed by atoms with van der Waals surface area (Å²) in [6, 6.07) is 0. The average Bonchev–Trinajstić information content (AvgIpc) is 3.23. The molecule has 0 saturated carbocycles. The van der Waals surface area contributed by atoms with E-state index in [0.717, 1.165) is 83.5 Å². The van der Waals surface area contributed by atoms with Crippen LogP contribution in [-0.4, -0.2) is 37.2 Å². The Labute approximate surface area is 363 Å². The molecule has 338 valence electrons. The van der Waals surface area contributed by atoms with E-state index in [9.17, 15) is 14.4 Å². The molecule has 0 rings (SSSR count). The van der Waals surface area contributed by atoms with Gasteiger partial charge in [-0.05, 0) is 77.0 Å². The van der Waals surface area contributed by atoms with E-state index in [4.69, 9.17) is 14.2 Å². The van der Waals surface area contributed by atoms with Crippen molar-refractivity contribution in [2.24, 2.45) is 0 Å². The maximum Gasteiger partial charge on any atom is 0.306 e. The minimum Gasteiger partial charge on any atom is -0.462 e. The maximum absolute atomic E-state index is 12.7. The van der Waals surface area contributed by atoms with Crippen LogP contribution < -0.4 is 0 Å². The topological polar surface area (TPSA) is 78.9 Å². The van der Waals surface area contributed by atoms with Crippen LogP contribution in [0.5, 0.6) is 0 Å². The monoisotopic (exact) mass is 823 g/mol. The van der Waals surface area contributed by atoms with Crippen molar-refractivity contribution in [3.05, 3.63) is 72.9 Å². The SMILES string of the molecule is CC/C=C\C/C=C\C/C=C\C/C=C\CCCCCC(=O)OCC(COC(=O)CCCCCCCCCCCCCC)OC(=O)CC/C=C\C/C=C\CCCCCCCC. The molecule has 59 heavy (non-hydrogen) atoms. The Bertz CT molecular complexity index is 1130. The Kier molecular flexibility index (Phi) is 45.0. The number of hydrogen-bond donors (Lipinski definition) is 0. The van der Waals surface area contributed by atoms with Gasteiger partial charge in [0.25, 0.3) is 0 Å². The van der Waals surface area contributed by atoms with E-state index in [-0.39, 0.29) is 37.5 Å². The third-order valence-electron chi connectivity index (χ3n) is 10.2. The van der Waals surface area contributed by atoms with E-state index in [1.165, 1.54) is 96.3 Å². The summed E-state index contributed by atoms with van der Waals surface area (Å²) in [6.45, 7) is 6.43. The average molecular weight is 823 g/mol. The van der Waals surface area contributed by atoms with E-state index >= 15 is 0 Å². The summed E-state index contributed by atoms with van der Waals surface area (Å²) in [6.07, 6.45) is 58.9. The summed E-state index contributed by atoms with van der Waals surface area (Å²) in [4.78, 5) is 37.8. The zero-order valence-corrected chi connectivity index (χ0v) is 38.5. The molecule has 0 aliphatic heterocycles. The Morgan fingerprint density at radius 3 is 1.12 bits per heavy atom. The number of hydrogen-bond acceptors (Lipinski definition) is 6. The number of rotatable bonds is 43. The van der Waals surface area contributed by atoms with Gasteiger partial charge in [-0.1, -0.05) is 203 Å². The van der Waals surface area contributed by atoms with Crippen LogP contribution in [0.1, 0.15) is 226 Å². The van der Waals surface area contributed by atoms with Crippen LogP contribution in [0.4, 0.5) is 0 Å². The molecule has 0 aromatic carbocycles. The van der Waals surface area contributed by atoms with Gasteiger partial charge in [0, 0.05) is 19.3 Å². The normalized spacial score (nSPS) is 12.7. The van der Waals surface area contributed by atoms with Crippen LogP contribution >= 0.6 is 0 Å². The standard InChI is InChI=1S/C53H90O6/c1-4-7-10-13-16-19-22-25-26-27-29-31-34-37-40-43-46-52(55)58-49-50(48-57-51(54)45-42-39-36-33-30-24-21-18-15-12-9-6-3)59-53(56)47-44-41-38-35-32-28-23-20-17-14-11-8-5-2/h7,10,16,19,25-26,28-29,31-32,38,41,50H,4-6,8-9,11-15,17-18,20-24,27,30,33-37,39-40,42-49H2,1-3H3/b10-7-,19-16-,26-25-,31-29-,32-28-,41-38-. The first kappa shape index (κ1) is 55.9. The van der Waals surface area contributed by atoms with E-state index in [1.807, 2.05) is 6.08 Å². The summed E-state index contributed by atoms with van der Waals surface area (Å²) in [7, 11) is 0. The fourth-order valence-corrected chi connectivity index (χ4v) is 6.54. The van der Waals surface area contributed by atoms with Crippen LogP contribution in [-0.2, 0) is 28.6 Å². The Morgan fingerprint density at radius 2 is 0.695 bits per heavy atom. The van der Waals surface area contributed by atoms with Gasteiger partial charge in [0.15, 0.2) is 6.10 Å². The number of ether oxygens (including phenoxy) is 3. The second-order valence-corrected chi connectivity index (χ2v) is 16.0. The van der Waals surface area contributed by atoms with Crippen LogP contribution in [0.15, 0.2) is 72.9 Å². The van der Waals surface area contributed by atoms with Crippen LogP contribution in [0.25, 0.3) is 0 Å². The van der Waals surface area contributed by atoms with Crippen LogP contribution in [0, 0.1) is 0 Å². The predicted octanol–water partition coefficient (Wildman–Crippen LogP) is 15.9. The molecule has 1 unspecified atom stereocenters. The molecule has 0 spiro atoms. The smallest absolute Gasteiger partial charge is 0.306 e. The van der Waals surface area contributed by atoms with E-state index in [2.05, 4.69) is 87.6 Å². The lowest BCUT2D eigenvalue weighted by atomic mass is 10.0. The van der Waals surface area contributed by atoms with Crippen molar-refractivity contribution in [2.45, 2.75) is 232 Å². The first-order valence-corrected chi connectivity index (χ1v) is 24.4. The fraction of sp³-hybridized carbons (Fsp3) is 0.717. The Hall–Kier alpha value is -3.15. The highest BCUT2D eigenvalue weighted by Gasteiger charge is 2.19. The van der Waals surface area contributed by atoms with Crippen molar-refractivity contribution in [1.82, 2.24) is 0 Å². The molecule has 0 bridgehead atoms. The number of carbonyl (C=O) groups excluding carboxylic acids is 3. The maximum atomic E-state index is 12.7. The van der Waals surface area contributed by atoms with Gasteiger partial charge in [-0.2, -0.15) is 0 Å². The van der Waals surface area contributed by atoms with Gasteiger partial charge in [0.05, 0.1) is 0 Å². The molecule has 0 aliphatic rings. The summed E-state index contributed by atoms with van der Waals surface area (Å²) < 4.78 is 16.7. The van der Waals surface area contributed by atoms with Crippen molar-refractivity contribution in [2.75, 3.05) is 13.2 Å². The lowest BCUT2D eigenvalue weighted by molar-refractivity contribution is -0.166. The van der Waals surface area contributed by atoms with Gasteiger partial charge < -0.3 is 14.2 Å². The van der Waals surface area contributed by atoms with Crippen molar-refractivity contribution < 1.29 is 28.6 Å². The zero-order valence-electron chi connectivity index (χ0n) is 38.5. The molecule has 0 aliphatic carbocycles. The highest BCUT2D eigenvalue weighted by Crippen LogP contribution is 2.14. The summed E-state index contributed by atoms with van der Waals surface area (Å²) >= 11 is 0. The van der Waals surface area contributed by atoms with Gasteiger partial charge in [0.2, 0.25) is 0 Å². The summed E-state index contributed by atoms with van der Waals surface area (Å²) in [5.41, 5.74) is 0. The van der Waals surface area contributed by atoms with Crippen LogP contribution in [0.2, 0.25) is 0 Å². The molecule has 6 nitrogen and oxygen atoms in total. The first-order chi connectivity index (χ1) is 29.0. The third-order valence-corrected chi connectivity index (χ3v) is 10.2. The molecule has 0 radical (unpaired) electrons.